The molecular weight excluding hydrogens is 370 g/mol. The number of imide groups is 1. The lowest BCUT2D eigenvalue weighted by atomic mass is 10.2. The van der Waals surface area contributed by atoms with Crippen molar-refractivity contribution in [3.05, 3.63) is 23.4 Å². The fraction of sp³-hybridized carbons (Fsp3) is 0.500. The lowest BCUT2D eigenvalue weighted by molar-refractivity contribution is 0.0428. The van der Waals surface area contributed by atoms with Crippen LogP contribution in [0.2, 0.25) is 0 Å². The minimum absolute atomic E-state index is 0.0715. The fourth-order valence-electron chi connectivity index (χ4n) is 1.90. The number of rotatable bonds is 3. The summed E-state index contributed by atoms with van der Waals surface area (Å²) >= 11 is 0. The van der Waals surface area contributed by atoms with Gasteiger partial charge in [-0.25, -0.2) is 19.4 Å². The molecule has 0 aromatic carbocycles. The molecule has 2 amide bonds. The highest BCUT2D eigenvalue weighted by atomic mass is 16.6. The Hall–Kier alpha value is -3.17. The number of hydrogen-bond donors (Lipinski definition) is 1. The first kappa shape index (κ1) is 22.9. The molecule has 0 aliphatic heterocycles. The normalized spacial score (nSPS) is 11.8. The van der Waals surface area contributed by atoms with Gasteiger partial charge in [0.05, 0.1) is 19.0 Å². The summed E-state index contributed by atoms with van der Waals surface area (Å²) in [7, 11) is 1.14. The summed E-state index contributed by atoms with van der Waals surface area (Å²) in [5.74, 6) is -1.22. The average molecular weight is 395 g/mol. The zero-order valence-electron chi connectivity index (χ0n) is 17.0. The summed E-state index contributed by atoms with van der Waals surface area (Å²) in [5, 5.41) is 11.6. The van der Waals surface area contributed by atoms with Crippen molar-refractivity contribution >= 4 is 30.2 Å². The molecule has 10 nitrogen and oxygen atoms in total. The lowest BCUT2D eigenvalue weighted by Gasteiger charge is -2.28. The first-order valence-electron chi connectivity index (χ1n) is 8.32. The van der Waals surface area contributed by atoms with E-state index in [0.717, 1.165) is 13.3 Å². The highest BCUT2D eigenvalue weighted by Crippen LogP contribution is 2.24. The van der Waals surface area contributed by atoms with E-state index in [4.69, 9.17) is 19.4 Å². The molecule has 1 rings (SSSR count). The van der Waals surface area contributed by atoms with Crippen molar-refractivity contribution in [1.82, 2.24) is 4.98 Å². The number of esters is 1. The van der Waals surface area contributed by atoms with Crippen molar-refractivity contribution in [3.8, 4) is 0 Å². The highest BCUT2D eigenvalue weighted by molar-refractivity contribution is 6.12. The second kappa shape index (κ2) is 8.68. The zero-order valence-corrected chi connectivity index (χ0v) is 17.0. The van der Waals surface area contributed by atoms with Crippen LogP contribution in [0, 0.1) is 0 Å². The van der Waals surface area contributed by atoms with Crippen molar-refractivity contribution in [2.75, 3.05) is 12.0 Å². The van der Waals surface area contributed by atoms with Crippen LogP contribution in [0.3, 0.4) is 0 Å². The smallest absolute Gasteiger partial charge is 0.425 e. The molecule has 0 saturated heterocycles. The molecule has 0 radical (unpaired) electrons. The topological polar surface area (TPSA) is 128 Å². The maximum absolute atomic E-state index is 12.7. The second-order valence-corrected chi connectivity index (χ2v) is 7.64. The van der Waals surface area contributed by atoms with E-state index in [1.807, 2.05) is 0 Å². The van der Waals surface area contributed by atoms with E-state index < -0.39 is 29.4 Å². The number of carbonyl (C=O) groups is 3. The standard InChI is InChI=1S/C18H25N3O7/c1-17(2,3)27-15(23)21(16(24)28-18(4,5)6)13-12(14(22)26-7)9-8-11(20-13)10-19-25/h8-10,25H,1-7H3. The minimum Gasteiger partial charge on any atom is -0.465 e. The summed E-state index contributed by atoms with van der Waals surface area (Å²) in [5.41, 5.74) is -1.99. The Morgan fingerprint density at radius 2 is 1.54 bits per heavy atom. The van der Waals surface area contributed by atoms with Crippen molar-refractivity contribution in [1.29, 1.82) is 0 Å². The maximum Gasteiger partial charge on any atom is 0.425 e. The minimum atomic E-state index is -1.10. The van der Waals surface area contributed by atoms with Gasteiger partial charge in [0.25, 0.3) is 0 Å². The predicted octanol–water partition coefficient (Wildman–Crippen LogP) is 3.35. The van der Waals surface area contributed by atoms with Gasteiger partial charge in [0.15, 0.2) is 5.82 Å². The molecule has 0 unspecified atom stereocenters. The lowest BCUT2D eigenvalue weighted by Crippen LogP contribution is -2.45. The van der Waals surface area contributed by atoms with Gasteiger partial charge in [0.1, 0.15) is 16.8 Å². The third-order valence-electron chi connectivity index (χ3n) is 2.86. The number of methoxy groups -OCH3 is 1. The van der Waals surface area contributed by atoms with E-state index >= 15 is 0 Å². The van der Waals surface area contributed by atoms with E-state index in [2.05, 4.69) is 10.1 Å². The number of carbonyl (C=O) groups excluding carboxylic acids is 3. The molecule has 0 atom stereocenters. The fourth-order valence-corrected chi connectivity index (χ4v) is 1.90. The molecule has 0 aliphatic carbocycles. The Labute approximate surface area is 163 Å². The average Bonchev–Trinajstić information content (AvgIpc) is 2.51. The van der Waals surface area contributed by atoms with E-state index in [0.29, 0.717) is 4.90 Å². The van der Waals surface area contributed by atoms with Crippen LogP contribution in [0.15, 0.2) is 17.3 Å². The zero-order chi connectivity index (χ0) is 21.7. The van der Waals surface area contributed by atoms with Gasteiger partial charge >= 0.3 is 18.2 Å². The number of amides is 2. The summed E-state index contributed by atoms with van der Waals surface area (Å²) in [4.78, 5) is 42.2. The van der Waals surface area contributed by atoms with Crippen molar-refractivity contribution in [3.63, 3.8) is 0 Å². The number of aromatic nitrogens is 1. The third-order valence-corrected chi connectivity index (χ3v) is 2.86. The van der Waals surface area contributed by atoms with E-state index in [-0.39, 0.29) is 17.1 Å². The van der Waals surface area contributed by atoms with Crippen molar-refractivity contribution in [2.45, 2.75) is 52.7 Å². The number of pyridine rings is 1. The molecule has 0 spiro atoms. The summed E-state index contributed by atoms with van der Waals surface area (Å²) in [6.45, 7) is 9.68. The van der Waals surface area contributed by atoms with Crippen LogP contribution in [0.5, 0.6) is 0 Å². The molecule has 1 N–H and O–H groups in total. The monoisotopic (exact) mass is 395 g/mol. The van der Waals surface area contributed by atoms with Crippen LogP contribution in [0.1, 0.15) is 57.6 Å². The van der Waals surface area contributed by atoms with Crippen molar-refractivity contribution < 1.29 is 33.8 Å². The van der Waals surface area contributed by atoms with Gasteiger partial charge in [-0.05, 0) is 53.7 Å². The molecule has 1 aromatic rings. The number of oxime groups is 1. The van der Waals surface area contributed by atoms with Gasteiger partial charge in [0, 0.05) is 0 Å². The van der Waals surface area contributed by atoms with Gasteiger partial charge in [0.2, 0.25) is 0 Å². The second-order valence-electron chi connectivity index (χ2n) is 7.64. The number of nitrogens with zero attached hydrogens (tertiary/aromatic N) is 3. The largest absolute Gasteiger partial charge is 0.465 e. The van der Waals surface area contributed by atoms with E-state index in [1.54, 1.807) is 41.5 Å². The molecule has 154 valence electrons. The number of hydrogen-bond acceptors (Lipinski definition) is 9. The molecule has 0 saturated carbocycles. The van der Waals surface area contributed by atoms with Gasteiger partial charge in [-0.1, -0.05) is 5.16 Å². The summed E-state index contributed by atoms with van der Waals surface area (Å²) in [6.07, 6.45) is -1.23. The summed E-state index contributed by atoms with van der Waals surface area (Å²) < 4.78 is 15.2. The van der Waals surface area contributed by atoms with Gasteiger partial charge in [-0.2, -0.15) is 4.90 Å². The Bertz CT molecular complexity index is 748. The molecular formula is C18H25N3O7. The SMILES string of the molecule is COC(=O)c1ccc(C=NO)nc1N(C(=O)OC(C)(C)C)C(=O)OC(C)(C)C. The highest BCUT2D eigenvalue weighted by Gasteiger charge is 2.36. The number of ether oxygens (including phenoxy) is 3. The van der Waals surface area contributed by atoms with Crippen LogP contribution in [0.4, 0.5) is 15.4 Å². The molecule has 10 heteroatoms. The van der Waals surface area contributed by atoms with E-state index in [1.165, 1.54) is 12.1 Å². The molecule has 0 bridgehead atoms. The van der Waals surface area contributed by atoms with Gasteiger partial charge < -0.3 is 19.4 Å². The Kier molecular flexibility index (Phi) is 7.09. The third kappa shape index (κ3) is 6.53. The quantitative estimate of drug-likeness (QED) is 0.271. The first-order valence-corrected chi connectivity index (χ1v) is 8.32. The molecule has 28 heavy (non-hydrogen) atoms. The van der Waals surface area contributed by atoms with Crippen LogP contribution < -0.4 is 4.90 Å². The van der Waals surface area contributed by atoms with Gasteiger partial charge in [-0.3, -0.25) is 0 Å². The Morgan fingerprint density at radius 1 is 1.04 bits per heavy atom. The molecule has 0 fully saturated rings. The molecule has 1 aromatic heterocycles. The Morgan fingerprint density at radius 3 is 1.93 bits per heavy atom. The Balaban J connectivity index is 3.62. The van der Waals surface area contributed by atoms with Gasteiger partial charge in [-0.15, -0.1) is 0 Å². The molecule has 1 heterocycles. The first-order chi connectivity index (χ1) is 12.8. The van der Waals surface area contributed by atoms with Crippen LogP contribution in [0.25, 0.3) is 0 Å². The van der Waals surface area contributed by atoms with Crippen LogP contribution >= 0.6 is 0 Å². The maximum atomic E-state index is 12.7. The van der Waals surface area contributed by atoms with Crippen molar-refractivity contribution in [2.24, 2.45) is 5.16 Å². The van der Waals surface area contributed by atoms with Crippen LogP contribution in [-0.2, 0) is 14.2 Å². The van der Waals surface area contributed by atoms with Crippen LogP contribution in [-0.4, -0.2) is 52.9 Å². The summed E-state index contributed by atoms with van der Waals surface area (Å²) in [6, 6.07) is 2.62. The predicted molar refractivity (Wildman–Crippen MR) is 99.9 cm³/mol. The molecule has 0 aliphatic rings. The van der Waals surface area contributed by atoms with E-state index in [9.17, 15) is 14.4 Å². The number of anilines is 1.